The van der Waals surface area contributed by atoms with Gasteiger partial charge in [-0.05, 0) is 18.3 Å². The van der Waals surface area contributed by atoms with Gasteiger partial charge >= 0.3 is 5.97 Å². The molecule has 1 N–H and O–H groups in total. The molecule has 0 saturated heterocycles. The Morgan fingerprint density at radius 2 is 1.87 bits per heavy atom. The molecule has 0 bridgehead atoms. The molecule has 0 spiro atoms. The molecule has 2 rings (SSSR count). The highest BCUT2D eigenvalue weighted by Crippen LogP contribution is 2.49. The number of esters is 1. The van der Waals surface area contributed by atoms with Crippen LogP contribution in [-0.4, -0.2) is 41.5 Å². The van der Waals surface area contributed by atoms with E-state index in [1.54, 1.807) is 0 Å². The lowest BCUT2D eigenvalue weighted by Gasteiger charge is -2.24. The van der Waals surface area contributed by atoms with Crippen molar-refractivity contribution in [3.8, 4) is 0 Å². The minimum absolute atomic E-state index is 0.00830. The molecule has 1 fully saturated rings. The Morgan fingerprint density at radius 3 is 2.39 bits per heavy atom. The lowest BCUT2D eigenvalue weighted by molar-refractivity contribution is -0.141. The zero-order valence-electron chi connectivity index (χ0n) is 14.0. The molecule has 0 amide bonds. The maximum atomic E-state index is 12.4. The second-order valence-electron chi connectivity index (χ2n) is 7.08. The first-order chi connectivity index (χ1) is 10.7. The number of nitrogens with one attached hydrogen (secondary N) is 1. The van der Waals surface area contributed by atoms with E-state index in [0.29, 0.717) is 6.17 Å². The Hall–Kier alpha value is -1.18. The molecule has 0 atom stereocenters. The summed E-state index contributed by atoms with van der Waals surface area (Å²) in [6, 6.07) is 10.0. The topological polar surface area (TPSA) is 72.5 Å². The SMILES string of the molecule is COC(=O)CC1(CS(=O)(=O)NC[Si](C)(C)c2ccccc2)CC1. The van der Waals surface area contributed by atoms with Gasteiger partial charge in [-0.1, -0.05) is 48.6 Å². The van der Waals surface area contributed by atoms with Gasteiger partial charge in [-0.3, -0.25) is 4.79 Å². The largest absolute Gasteiger partial charge is 0.469 e. The van der Waals surface area contributed by atoms with Crippen molar-refractivity contribution in [2.75, 3.05) is 19.0 Å². The molecule has 1 aliphatic carbocycles. The first kappa shape index (κ1) is 18.2. The van der Waals surface area contributed by atoms with Crippen LogP contribution in [0.3, 0.4) is 0 Å². The molecule has 5 nitrogen and oxygen atoms in total. The van der Waals surface area contributed by atoms with Gasteiger partial charge < -0.3 is 4.74 Å². The van der Waals surface area contributed by atoms with E-state index < -0.39 is 23.5 Å². The fourth-order valence-corrected chi connectivity index (χ4v) is 7.58. The summed E-state index contributed by atoms with van der Waals surface area (Å²) >= 11 is 0. The normalized spacial score (nSPS) is 16.8. The summed E-state index contributed by atoms with van der Waals surface area (Å²) in [7, 11) is -3.93. The van der Waals surface area contributed by atoms with Gasteiger partial charge in [0, 0.05) is 6.17 Å². The van der Waals surface area contributed by atoms with Crippen LogP contribution in [0.15, 0.2) is 30.3 Å². The van der Waals surface area contributed by atoms with Crippen LogP contribution in [0.5, 0.6) is 0 Å². The van der Waals surface area contributed by atoms with Gasteiger partial charge in [0.2, 0.25) is 10.0 Å². The van der Waals surface area contributed by atoms with Crippen molar-refractivity contribution in [1.82, 2.24) is 4.72 Å². The number of carbonyl (C=O) groups excluding carboxylic acids is 1. The molecule has 0 heterocycles. The predicted molar refractivity (Wildman–Crippen MR) is 93.6 cm³/mol. The Labute approximate surface area is 139 Å². The third-order valence-electron chi connectivity index (χ3n) is 4.49. The summed E-state index contributed by atoms with van der Waals surface area (Å²) < 4.78 is 32.2. The lowest BCUT2D eigenvalue weighted by Crippen LogP contribution is -2.52. The van der Waals surface area contributed by atoms with Crippen molar-refractivity contribution in [2.45, 2.75) is 32.4 Å². The molecular formula is C16H25NO4SSi. The van der Waals surface area contributed by atoms with Crippen molar-refractivity contribution in [1.29, 1.82) is 0 Å². The molecule has 0 aromatic heterocycles. The monoisotopic (exact) mass is 355 g/mol. The van der Waals surface area contributed by atoms with E-state index in [9.17, 15) is 13.2 Å². The van der Waals surface area contributed by atoms with Crippen molar-refractivity contribution >= 4 is 29.3 Å². The summed E-state index contributed by atoms with van der Waals surface area (Å²) in [4.78, 5) is 11.4. The number of rotatable bonds is 8. The zero-order valence-corrected chi connectivity index (χ0v) is 15.8. The van der Waals surface area contributed by atoms with Crippen LogP contribution in [0, 0.1) is 5.41 Å². The second-order valence-corrected chi connectivity index (χ2v) is 13.6. The van der Waals surface area contributed by atoms with Crippen LogP contribution in [0.2, 0.25) is 13.1 Å². The van der Waals surface area contributed by atoms with Gasteiger partial charge in [0.1, 0.15) is 0 Å². The third kappa shape index (κ3) is 5.15. The minimum atomic E-state index is -3.39. The summed E-state index contributed by atoms with van der Waals surface area (Å²) in [6.07, 6.45) is 2.18. The molecule has 23 heavy (non-hydrogen) atoms. The molecule has 128 valence electrons. The van der Waals surface area contributed by atoms with E-state index in [2.05, 4.69) is 34.7 Å². The molecule has 1 aliphatic rings. The van der Waals surface area contributed by atoms with E-state index in [0.717, 1.165) is 12.8 Å². The number of sulfonamides is 1. The van der Waals surface area contributed by atoms with Gasteiger partial charge in [-0.25, -0.2) is 13.1 Å². The number of hydrogen-bond donors (Lipinski definition) is 1. The molecule has 1 aromatic carbocycles. The summed E-state index contributed by atoms with van der Waals surface area (Å²) in [5.74, 6) is -0.328. The number of carbonyl (C=O) groups is 1. The number of hydrogen-bond acceptors (Lipinski definition) is 4. The maximum absolute atomic E-state index is 12.4. The van der Waals surface area contributed by atoms with E-state index in [-0.39, 0.29) is 18.1 Å². The standard InChI is InChI=1S/C16H25NO4SSi/c1-21-15(18)11-16(9-10-16)12-22(19,20)17-13-23(2,3)14-7-5-4-6-8-14/h4-8,17H,9-13H2,1-3H3. The van der Waals surface area contributed by atoms with Crippen LogP contribution in [0.1, 0.15) is 19.3 Å². The Kier molecular flexibility index (Phi) is 5.32. The predicted octanol–water partition coefficient (Wildman–Crippen LogP) is 1.40. The summed E-state index contributed by atoms with van der Waals surface area (Å²) in [6.45, 7) is 4.29. The highest BCUT2D eigenvalue weighted by Gasteiger charge is 2.48. The van der Waals surface area contributed by atoms with Gasteiger partial charge in [-0.2, -0.15) is 0 Å². The molecule has 0 aliphatic heterocycles. The fourth-order valence-electron chi connectivity index (χ4n) is 2.66. The maximum Gasteiger partial charge on any atom is 0.306 e. The van der Waals surface area contributed by atoms with Crippen molar-refractivity contribution in [3.05, 3.63) is 30.3 Å². The quantitative estimate of drug-likeness (QED) is 0.565. The summed E-state index contributed by atoms with van der Waals surface area (Å²) in [5, 5.41) is 1.22. The van der Waals surface area contributed by atoms with Crippen LogP contribution in [0.4, 0.5) is 0 Å². The minimum Gasteiger partial charge on any atom is -0.469 e. The summed E-state index contributed by atoms with van der Waals surface area (Å²) in [5.41, 5.74) is -0.419. The molecule has 0 unspecified atom stereocenters. The van der Waals surface area contributed by atoms with Gasteiger partial charge in [0.05, 0.1) is 27.4 Å². The van der Waals surface area contributed by atoms with E-state index in [1.165, 1.54) is 12.3 Å². The van der Waals surface area contributed by atoms with E-state index in [1.807, 2.05) is 18.2 Å². The smallest absolute Gasteiger partial charge is 0.306 e. The Balaban J connectivity index is 1.95. The van der Waals surface area contributed by atoms with E-state index >= 15 is 0 Å². The van der Waals surface area contributed by atoms with Gasteiger partial charge in [0.15, 0.2) is 0 Å². The fraction of sp³-hybridized carbons (Fsp3) is 0.562. The van der Waals surface area contributed by atoms with Gasteiger partial charge in [-0.15, -0.1) is 0 Å². The first-order valence-electron chi connectivity index (χ1n) is 7.78. The second kappa shape index (κ2) is 6.74. The molecule has 1 saturated carbocycles. The highest BCUT2D eigenvalue weighted by molar-refractivity contribution is 7.89. The lowest BCUT2D eigenvalue weighted by atomic mass is 10.1. The third-order valence-corrected chi connectivity index (χ3v) is 9.28. The Bertz CT molecular complexity index is 654. The van der Waals surface area contributed by atoms with E-state index in [4.69, 9.17) is 0 Å². The molecule has 7 heteroatoms. The molecule has 0 radical (unpaired) electrons. The van der Waals surface area contributed by atoms with Crippen LogP contribution in [0.25, 0.3) is 0 Å². The average Bonchev–Trinajstić information content (AvgIpc) is 3.24. The number of benzene rings is 1. The van der Waals surface area contributed by atoms with Crippen molar-refractivity contribution in [2.24, 2.45) is 5.41 Å². The van der Waals surface area contributed by atoms with Gasteiger partial charge in [0.25, 0.3) is 0 Å². The Morgan fingerprint density at radius 1 is 1.26 bits per heavy atom. The molecular weight excluding hydrogens is 330 g/mol. The zero-order chi connectivity index (χ0) is 17.1. The van der Waals surface area contributed by atoms with Crippen molar-refractivity contribution in [3.63, 3.8) is 0 Å². The number of ether oxygens (including phenoxy) is 1. The number of methoxy groups -OCH3 is 1. The van der Waals surface area contributed by atoms with Crippen LogP contribution in [-0.2, 0) is 19.6 Å². The van der Waals surface area contributed by atoms with Crippen LogP contribution >= 0.6 is 0 Å². The highest BCUT2D eigenvalue weighted by atomic mass is 32.2. The van der Waals surface area contributed by atoms with Crippen molar-refractivity contribution < 1.29 is 17.9 Å². The average molecular weight is 356 g/mol. The van der Waals surface area contributed by atoms with Crippen LogP contribution < -0.4 is 9.91 Å². The molecule has 1 aromatic rings. The first-order valence-corrected chi connectivity index (χ1v) is 12.6.